The number of carbonyl (C=O) groups is 2. The van der Waals surface area contributed by atoms with Crippen LogP contribution in [0.15, 0.2) is 11.6 Å². The third kappa shape index (κ3) is 6.24. The van der Waals surface area contributed by atoms with E-state index < -0.39 is 0 Å². The van der Waals surface area contributed by atoms with E-state index in [2.05, 4.69) is 40.7 Å². The number of hydrogen-bond donors (Lipinski definition) is 0. The van der Waals surface area contributed by atoms with Crippen LogP contribution in [0.4, 0.5) is 0 Å². The quantitative estimate of drug-likeness (QED) is 0.279. The van der Waals surface area contributed by atoms with Crippen molar-refractivity contribution in [1.82, 2.24) is 0 Å². The van der Waals surface area contributed by atoms with Crippen LogP contribution in [0.25, 0.3) is 0 Å². The summed E-state index contributed by atoms with van der Waals surface area (Å²) in [5, 5.41) is 0. The zero-order valence-corrected chi connectivity index (χ0v) is 24.1. The Labute approximate surface area is 216 Å². The number of ether oxygens (including phenoxy) is 1. The molecule has 0 N–H and O–H groups in total. The summed E-state index contributed by atoms with van der Waals surface area (Å²) < 4.78 is 5.61. The molecular formula is C32H54O3. The molecular weight excluding hydrogens is 432 g/mol. The van der Waals surface area contributed by atoms with Crippen molar-refractivity contribution in [3.8, 4) is 0 Å². The number of Topliss-reactive ketones (excluding diaryl/α,β-unsaturated/α-hetero) is 1. The Morgan fingerprint density at radius 1 is 0.971 bits per heavy atom. The van der Waals surface area contributed by atoms with Crippen molar-refractivity contribution >= 4 is 11.8 Å². The Hall–Kier alpha value is -1.12. The summed E-state index contributed by atoms with van der Waals surface area (Å²) in [6, 6.07) is 0. The number of carbonyl (C=O) groups excluding carboxylic acids is 2. The number of allylic oxidation sites excluding steroid dienone is 1. The molecule has 0 saturated heterocycles. The van der Waals surface area contributed by atoms with Crippen LogP contribution in [-0.2, 0) is 14.3 Å². The van der Waals surface area contributed by atoms with Gasteiger partial charge < -0.3 is 9.53 Å². The highest BCUT2D eigenvalue weighted by atomic mass is 16.5. The predicted molar refractivity (Wildman–Crippen MR) is 145 cm³/mol. The molecule has 0 heterocycles. The standard InChI is InChI=1S/C29H48O2.C3H6O/c1-19(2)8-7-9-20(3)25-12-13-26-24-11-10-22-18-23(31-21(4)30)14-16-28(22,5)27(24)15-17-29(25,26)6;1-3(2)4/h10,19-20,23-27H,7-9,11-18H2,1-6H3;1-2H3. The molecule has 8 atom stereocenters. The van der Waals surface area contributed by atoms with E-state index in [1.54, 1.807) is 12.5 Å². The molecule has 8 unspecified atom stereocenters. The number of hydrogen-bond acceptors (Lipinski definition) is 3. The van der Waals surface area contributed by atoms with Crippen LogP contribution < -0.4 is 0 Å². The fourth-order valence-electron chi connectivity index (χ4n) is 8.99. The van der Waals surface area contributed by atoms with Crippen molar-refractivity contribution in [2.45, 2.75) is 132 Å². The van der Waals surface area contributed by atoms with E-state index in [9.17, 15) is 9.59 Å². The maximum absolute atomic E-state index is 11.5. The second kappa shape index (κ2) is 11.5. The molecule has 0 aliphatic heterocycles. The second-order valence-corrected chi connectivity index (χ2v) is 13.7. The van der Waals surface area contributed by atoms with Gasteiger partial charge in [-0.2, -0.15) is 0 Å². The summed E-state index contributed by atoms with van der Waals surface area (Å²) in [4.78, 5) is 20.9. The maximum atomic E-state index is 11.5. The SMILES string of the molecule is CC(=O)OC1CCC2(C)C(=CCC3C2CCC2(C)C(C(C)CCCC(C)C)CCC32)C1.CC(C)=O. The monoisotopic (exact) mass is 486 g/mol. The molecule has 0 aromatic carbocycles. The molecule has 0 bridgehead atoms. The Bertz CT molecular complexity index is 778. The smallest absolute Gasteiger partial charge is 0.302 e. The first kappa shape index (κ1) is 28.5. The number of ketones is 1. The van der Waals surface area contributed by atoms with Crippen LogP contribution in [0, 0.1) is 46.3 Å². The highest BCUT2D eigenvalue weighted by Crippen LogP contribution is 2.67. The average Bonchev–Trinajstić information content (AvgIpc) is 3.10. The van der Waals surface area contributed by atoms with Gasteiger partial charge in [-0.1, -0.05) is 65.5 Å². The van der Waals surface area contributed by atoms with Gasteiger partial charge in [0.25, 0.3) is 0 Å². The third-order valence-electron chi connectivity index (χ3n) is 10.6. The summed E-state index contributed by atoms with van der Waals surface area (Å²) in [7, 11) is 0. The minimum Gasteiger partial charge on any atom is -0.462 e. The van der Waals surface area contributed by atoms with Crippen LogP contribution in [0.3, 0.4) is 0 Å². The Morgan fingerprint density at radius 3 is 2.29 bits per heavy atom. The molecule has 0 aromatic rings. The summed E-state index contributed by atoms with van der Waals surface area (Å²) in [5.41, 5.74) is 2.53. The number of esters is 1. The van der Waals surface area contributed by atoms with E-state index in [0.29, 0.717) is 10.8 Å². The predicted octanol–water partition coefficient (Wildman–Crippen LogP) is 8.55. The van der Waals surface area contributed by atoms with Gasteiger partial charge in [-0.15, -0.1) is 0 Å². The molecule has 3 saturated carbocycles. The van der Waals surface area contributed by atoms with Crippen molar-refractivity contribution < 1.29 is 14.3 Å². The fraction of sp³-hybridized carbons (Fsp3) is 0.875. The number of rotatable bonds is 6. The average molecular weight is 487 g/mol. The third-order valence-corrected chi connectivity index (χ3v) is 10.6. The Balaban J connectivity index is 0.000000795. The molecule has 0 amide bonds. The van der Waals surface area contributed by atoms with Gasteiger partial charge >= 0.3 is 5.97 Å². The lowest BCUT2D eigenvalue weighted by molar-refractivity contribution is -0.148. The summed E-state index contributed by atoms with van der Waals surface area (Å²) >= 11 is 0. The first-order chi connectivity index (χ1) is 16.4. The van der Waals surface area contributed by atoms with E-state index in [1.165, 1.54) is 71.6 Å². The lowest BCUT2D eigenvalue weighted by Crippen LogP contribution is -2.51. The Morgan fingerprint density at radius 2 is 1.66 bits per heavy atom. The van der Waals surface area contributed by atoms with E-state index in [-0.39, 0.29) is 17.9 Å². The normalized spacial score (nSPS) is 38.8. The van der Waals surface area contributed by atoms with Crippen LogP contribution in [0.2, 0.25) is 0 Å². The van der Waals surface area contributed by atoms with Gasteiger partial charge in [0, 0.05) is 13.3 Å². The van der Waals surface area contributed by atoms with Gasteiger partial charge in [0.15, 0.2) is 0 Å². The van der Waals surface area contributed by atoms with Gasteiger partial charge in [-0.05, 0) is 105 Å². The highest BCUT2D eigenvalue weighted by molar-refractivity contribution is 5.72. The van der Waals surface area contributed by atoms with Crippen molar-refractivity contribution in [3.63, 3.8) is 0 Å². The maximum Gasteiger partial charge on any atom is 0.302 e. The molecule has 3 fully saturated rings. The molecule has 3 heteroatoms. The Kier molecular flexibility index (Phi) is 9.36. The highest BCUT2D eigenvalue weighted by Gasteiger charge is 2.59. The van der Waals surface area contributed by atoms with Gasteiger partial charge in [0.2, 0.25) is 0 Å². The van der Waals surface area contributed by atoms with E-state index in [1.807, 2.05) is 0 Å². The molecule has 0 aromatic heterocycles. The first-order valence-corrected chi connectivity index (χ1v) is 14.7. The van der Waals surface area contributed by atoms with Crippen LogP contribution >= 0.6 is 0 Å². The molecule has 4 aliphatic carbocycles. The lowest BCUT2D eigenvalue weighted by Gasteiger charge is -2.58. The van der Waals surface area contributed by atoms with Crippen LogP contribution in [-0.4, -0.2) is 17.9 Å². The van der Waals surface area contributed by atoms with E-state index >= 15 is 0 Å². The van der Waals surface area contributed by atoms with Crippen molar-refractivity contribution in [2.75, 3.05) is 0 Å². The van der Waals surface area contributed by atoms with E-state index in [0.717, 1.165) is 48.3 Å². The van der Waals surface area contributed by atoms with Gasteiger partial charge in [-0.25, -0.2) is 0 Å². The molecule has 200 valence electrons. The van der Waals surface area contributed by atoms with E-state index in [4.69, 9.17) is 4.74 Å². The largest absolute Gasteiger partial charge is 0.462 e. The van der Waals surface area contributed by atoms with Gasteiger partial charge in [0.05, 0.1) is 0 Å². The minimum absolute atomic E-state index is 0.115. The zero-order chi connectivity index (χ0) is 26.0. The van der Waals surface area contributed by atoms with Crippen LogP contribution in [0.1, 0.15) is 126 Å². The summed E-state index contributed by atoms with van der Waals surface area (Å²) in [6.45, 7) is 17.2. The molecule has 4 rings (SSSR count). The fourth-order valence-corrected chi connectivity index (χ4v) is 8.99. The second-order valence-electron chi connectivity index (χ2n) is 13.7. The first-order valence-electron chi connectivity index (χ1n) is 14.7. The molecule has 0 radical (unpaired) electrons. The molecule has 4 aliphatic rings. The number of fused-ring (bicyclic) bond motifs is 5. The minimum atomic E-state index is -0.115. The van der Waals surface area contributed by atoms with Gasteiger partial charge in [-0.3, -0.25) is 4.79 Å². The summed E-state index contributed by atoms with van der Waals surface area (Å²) in [6.07, 6.45) is 17.2. The van der Waals surface area contributed by atoms with Crippen molar-refractivity contribution in [1.29, 1.82) is 0 Å². The van der Waals surface area contributed by atoms with Crippen LogP contribution in [0.5, 0.6) is 0 Å². The zero-order valence-electron chi connectivity index (χ0n) is 24.1. The van der Waals surface area contributed by atoms with Gasteiger partial charge in [0.1, 0.15) is 11.9 Å². The molecule has 35 heavy (non-hydrogen) atoms. The summed E-state index contributed by atoms with van der Waals surface area (Å²) in [5.74, 6) is 5.36. The van der Waals surface area contributed by atoms with Crippen molar-refractivity contribution in [2.24, 2.45) is 46.3 Å². The topological polar surface area (TPSA) is 43.4 Å². The lowest BCUT2D eigenvalue weighted by atomic mass is 9.47. The van der Waals surface area contributed by atoms with Crippen molar-refractivity contribution in [3.05, 3.63) is 11.6 Å². The molecule has 0 spiro atoms. The molecule has 3 nitrogen and oxygen atoms in total.